The third-order valence-electron chi connectivity index (χ3n) is 2.02. The molecule has 0 spiro atoms. The molecular weight excluding hydrogens is 259 g/mol. The molecule has 1 fully saturated rings. The molecule has 1 rings (SSSR count). The van der Waals surface area contributed by atoms with E-state index in [9.17, 15) is 22.8 Å². The molecular formula is C9H12F3NO5. The highest BCUT2D eigenvalue weighted by Gasteiger charge is 2.43. The second kappa shape index (κ2) is 6.01. The summed E-state index contributed by atoms with van der Waals surface area (Å²) in [5, 5.41) is 0.737. The van der Waals surface area contributed by atoms with Gasteiger partial charge in [0.2, 0.25) is 0 Å². The lowest BCUT2D eigenvalue weighted by Crippen LogP contribution is -2.48. The van der Waals surface area contributed by atoms with Crippen LogP contribution in [0.3, 0.4) is 0 Å². The van der Waals surface area contributed by atoms with Crippen LogP contribution >= 0.6 is 0 Å². The van der Waals surface area contributed by atoms with E-state index in [-0.39, 0.29) is 26.3 Å². The molecule has 0 N–H and O–H groups in total. The van der Waals surface area contributed by atoms with Gasteiger partial charge >= 0.3 is 18.1 Å². The molecule has 0 amide bonds. The quantitative estimate of drug-likeness (QED) is 0.686. The van der Waals surface area contributed by atoms with Crippen molar-refractivity contribution in [1.29, 1.82) is 0 Å². The maximum atomic E-state index is 12.0. The van der Waals surface area contributed by atoms with E-state index in [4.69, 9.17) is 4.74 Å². The van der Waals surface area contributed by atoms with Crippen molar-refractivity contribution in [2.45, 2.75) is 19.2 Å². The average Bonchev–Trinajstić information content (AvgIpc) is 2.28. The maximum Gasteiger partial charge on any atom is 0.492 e. The molecule has 1 aliphatic heterocycles. The third-order valence-corrected chi connectivity index (χ3v) is 2.02. The number of hydrogen-bond acceptors (Lipinski definition) is 6. The number of hydrogen-bond donors (Lipinski definition) is 0. The molecule has 104 valence electrons. The van der Waals surface area contributed by atoms with Crippen molar-refractivity contribution in [1.82, 2.24) is 5.06 Å². The lowest BCUT2D eigenvalue weighted by atomic mass is 10.3. The fraction of sp³-hybridized carbons (Fsp3) is 0.778. The normalized spacial score (nSPS) is 21.4. The Morgan fingerprint density at radius 2 is 2.11 bits per heavy atom. The van der Waals surface area contributed by atoms with Crippen molar-refractivity contribution in [3.05, 3.63) is 0 Å². The monoisotopic (exact) mass is 271 g/mol. The fourth-order valence-corrected chi connectivity index (χ4v) is 1.26. The first-order valence-electron chi connectivity index (χ1n) is 5.17. The summed E-state index contributed by atoms with van der Waals surface area (Å²) in [6.45, 7) is 1.34. The number of carbonyl (C=O) groups is 2. The molecule has 0 bridgehead atoms. The van der Waals surface area contributed by atoms with Gasteiger partial charge in [0.1, 0.15) is 0 Å². The first-order valence-corrected chi connectivity index (χ1v) is 5.17. The summed E-state index contributed by atoms with van der Waals surface area (Å²) in [5.74, 6) is -3.03. The Kier molecular flexibility index (Phi) is 4.91. The van der Waals surface area contributed by atoms with Gasteiger partial charge in [-0.25, -0.2) is 9.59 Å². The van der Waals surface area contributed by atoms with Gasteiger partial charge in [0.15, 0.2) is 6.10 Å². The molecule has 1 unspecified atom stereocenters. The number of ether oxygens (including phenoxy) is 2. The van der Waals surface area contributed by atoms with E-state index in [2.05, 4.69) is 9.57 Å². The molecule has 6 nitrogen and oxygen atoms in total. The predicted octanol–water partition coefficient (Wildman–Crippen LogP) is 0.271. The third kappa shape index (κ3) is 4.15. The van der Waals surface area contributed by atoms with Crippen LogP contribution in [-0.4, -0.2) is 55.6 Å². The zero-order valence-electron chi connectivity index (χ0n) is 9.53. The molecule has 18 heavy (non-hydrogen) atoms. The van der Waals surface area contributed by atoms with Gasteiger partial charge in [0.25, 0.3) is 0 Å². The van der Waals surface area contributed by atoms with Crippen LogP contribution in [0.1, 0.15) is 6.92 Å². The van der Waals surface area contributed by atoms with Gasteiger partial charge < -0.3 is 14.3 Å². The Morgan fingerprint density at radius 3 is 2.67 bits per heavy atom. The van der Waals surface area contributed by atoms with Crippen LogP contribution in [0.15, 0.2) is 0 Å². The minimum atomic E-state index is -5.07. The lowest BCUT2D eigenvalue weighted by Gasteiger charge is -2.30. The van der Waals surface area contributed by atoms with Crippen LogP contribution in [0, 0.1) is 0 Å². The first-order chi connectivity index (χ1) is 8.34. The lowest BCUT2D eigenvalue weighted by molar-refractivity contribution is -0.253. The van der Waals surface area contributed by atoms with Crippen LogP contribution < -0.4 is 0 Å². The first kappa shape index (κ1) is 14.7. The summed E-state index contributed by atoms with van der Waals surface area (Å²) in [4.78, 5) is 26.0. The number of alkyl halides is 3. The Bertz CT molecular complexity index is 320. The van der Waals surface area contributed by atoms with Crippen molar-refractivity contribution in [3.8, 4) is 0 Å². The van der Waals surface area contributed by atoms with Gasteiger partial charge in [-0.2, -0.15) is 13.2 Å². The topological polar surface area (TPSA) is 65.1 Å². The molecule has 0 aliphatic carbocycles. The van der Waals surface area contributed by atoms with Gasteiger partial charge in [0, 0.05) is 0 Å². The van der Waals surface area contributed by atoms with Gasteiger partial charge in [-0.3, -0.25) is 0 Å². The molecule has 1 saturated heterocycles. The smallest absolute Gasteiger partial charge is 0.464 e. The summed E-state index contributed by atoms with van der Waals surface area (Å²) < 4.78 is 45.5. The van der Waals surface area contributed by atoms with Crippen molar-refractivity contribution >= 4 is 11.9 Å². The van der Waals surface area contributed by atoms with E-state index < -0.39 is 24.2 Å². The summed E-state index contributed by atoms with van der Waals surface area (Å²) in [7, 11) is 0. The second-order valence-corrected chi connectivity index (χ2v) is 3.38. The summed E-state index contributed by atoms with van der Waals surface area (Å²) >= 11 is 0. The minimum absolute atomic E-state index is 0.0331. The molecule has 0 aromatic carbocycles. The van der Waals surface area contributed by atoms with Crippen molar-refractivity contribution < 1.29 is 37.1 Å². The van der Waals surface area contributed by atoms with Crippen LogP contribution in [0.25, 0.3) is 0 Å². The van der Waals surface area contributed by atoms with Crippen LogP contribution in [0.4, 0.5) is 13.2 Å². The number of halogens is 3. The number of carbonyl (C=O) groups excluding carboxylic acids is 2. The van der Waals surface area contributed by atoms with E-state index in [0.29, 0.717) is 0 Å². The van der Waals surface area contributed by atoms with Crippen LogP contribution in [0.2, 0.25) is 0 Å². The highest BCUT2D eigenvalue weighted by molar-refractivity contribution is 5.76. The molecule has 0 aromatic heterocycles. The van der Waals surface area contributed by atoms with Gasteiger partial charge in [-0.1, -0.05) is 0 Å². The molecule has 0 aromatic rings. The molecule has 1 aliphatic rings. The average molecular weight is 271 g/mol. The Labute approximate surface area is 101 Å². The van der Waals surface area contributed by atoms with Gasteiger partial charge in [-0.05, 0) is 6.92 Å². The van der Waals surface area contributed by atoms with Crippen molar-refractivity contribution in [2.24, 2.45) is 0 Å². The number of morpholine rings is 1. The van der Waals surface area contributed by atoms with E-state index >= 15 is 0 Å². The summed E-state index contributed by atoms with van der Waals surface area (Å²) in [6, 6.07) is 0. The number of rotatable bonds is 3. The fourth-order valence-electron chi connectivity index (χ4n) is 1.26. The highest BCUT2D eigenvalue weighted by atomic mass is 19.4. The summed E-state index contributed by atoms with van der Waals surface area (Å²) in [5.41, 5.74) is 0. The number of nitrogens with zero attached hydrogens (tertiary/aromatic N) is 1. The van der Waals surface area contributed by atoms with E-state index in [1.54, 1.807) is 6.92 Å². The van der Waals surface area contributed by atoms with E-state index in [1.165, 1.54) is 0 Å². The zero-order chi connectivity index (χ0) is 13.8. The maximum absolute atomic E-state index is 12.0. The molecule has 1 heterocycles. The molecule has 9 heteroatoms. The highest BCUT2D eigenvalue weighted by Crippen LogP contribution is 2.18. The zero-order valence-corrected chi connectivity index (χ0v) is 9.53. The Balaban J connectivity index is 2.49. The van der Waals surface area contributed by atoms with Crippen LogP contribution in [-0.2, 0) is 23.9 Å². The van der Waals surface area contributed by atoms with Crippen LogP contribution in [0.5, 0.6) is 0 Å². The molecule has 1 atom stereocenters. The standard InChI is InChI=1S/C9H12F3NO5/c1-2-16-7(14)6-5-13(3-4-17-6)18-8(15)9(10,11)12/h6H,2-5H2,1H3. The second-order valence-electron chi connectivity index (χ2n) is 3.38. The van der Waals surface area contributed by atoms with E-state index in [1.807, 2.05) is 0 Å². The Morgan fingerprint density at radius 1 is 1.44 bits per heavy atom. The predicted molar refractivity (Wildman–Crippen MR) is 50.1 cm³/mol. The van der Waals surface area contributed by atoms with Crippen molar-refractivity contribution in [2.75, 3.05) is 26.3 Å². The molecule has 0 radical (unpaired) electrons. The Hall–Kier alpha value is -1.35. The number of hydroxylamine groups is 2. The van der Waals surface area contributed by atoms with Gasteiger partial charge in [0.05, 0.1) is 26.3 Å². The molecule has 0 saturated carbocycles. The minimum Gasteiger partial charge on any atom is -0.464 e. The van der Waals surface area contributed by atoms with E-state index in [0.717, 1.165) is 5.06 Å². The number of esters is 1. The van der Waals surface area contributed by atoms with Crippen molar-refractivity contribution in [3.63, 3.8) is 0 Å². The summed E-state index contributed by atoms with van der Waals surface area (Å²) in [6.07, 6.45) is -6.13. The SMILES string of the molecule is CCOC(=O)C1CN(OC(=O)C(F)(F)F)CCO1. The largest absolute Gasteiger partial charge is 0.492 e. The van der Waals surface area contributed by atoms with Gasteiger partial charge in [-0.15, -0.1) is 5.06 Å².